The highest BCUT2D eigenvalue weighted by Gasteiger charge is 2.02. The van der Waals surface area contributed by atoms with Gasteiger partial charge in [-0.05, 0) is 60.5 Å². The van der Waals surface area contributed by atoms with Gasteiger partial charge in [0.15, 0.2) is 0 Å². The first kappa shape index (κ1) is 26.9. The number of benzene rings is 2. The molecule has 2 rings (SSSR count). The van der Waals surface area contributed by atoms with Crippen LogP contribution >= 0.6 is 11.9 Å². The van der Waals surface area contributed by atoms with Crippen molar-refractivity contribution in [2.24, 2.45) is 0 Å². The zero-order valence-corrected chi connectivity index (χ0v) is 19.4. The minimum atomic E-state index is -0.961. The van der Waals surface area contributed by atoms with Crippen LogP contribution in [0, 0.1) is 0 Å². The van der Waals surface area contributed by atoms with E-state index in [1.165, 1.54) is 12.1 Å². The molecule has 4 N–H and O–H groups in total. The molecule has 10 heteroatoms. The average Bonchev–Trinajstić information content (AvgIpc) is 2.82. The molecule has 0 fully saturated rings. The Labute approximate surface area is 198 Å². The first-order valence-electron chi connectivity index (χ1n) is 10.7. The van der Waals surface area contributed by atoms with Gasteiger partial charge in [-0.2, -0.15) is 0 Å². The number of carboxylic acid groups (broad SMARTS) is 1. The molecule has 0 amide bonds. The Morgan fingerprint density at radius 2 is 1.27 bits per heavy atom. The van der Waals surface area contributed by atoms with Gasteiger partial charge in [-0.25, -0.2) is 4.79 Å². The molecule has 0 aliphatic rings. The Kier molecular flexibility index (Phi) is 14.0. The molecule has 2 aromatic rings. The maximum atomic E-state index is 10.8. The molecule has 9 nitrogen and oxygen atoms in total. The molecule has 0 unspecified atom stereocenters. The number of nitrogens with one attached hydrogen (secondary N) is 1. The van der Waals surface area contributed by atoms with Crippen LogP contribution in [0.4, 0.5) is 5.69 Å². The monoisotopic (exact) mass is 480 g/mol. The molecular weight excluding hydrogens is 448 g/mol. The predicted molar refractivity (Wildman–Crippen MR) is 127 cm³/mol. The average molecular weight is 481 g/mol. The minimum absolute atomic E-state index is 0.227. The number of nitrogen functional groups attached to an aromatic ring is 1. The molecular formula is C23H32N2O7S. The van der Waals surface area contributed by atoms with Gasteiger partial charge in [-0.15, -0.1) is 0 Å². The van der Waals surface area contributed by atoms with Crippen molar-refractivity contribution in [3.05, 3.63) is 54.1 Å². The van der Waals surface area contributed by atoms with Gasteiger partial charge in [-0.1, -0.05) is 0 Å². The van der Waals surface area contributed by atoms with Gasteiger partial charge in [0, 0.05) is 17.1 Å². The lowest BCUT2D eigenvalue weighted by molar-refractivity contribution is -0.00400. The van der Waals surface area contributed by atoms with Crippen molar-refractivity contribution in [1.29, 1.82) is 0 Å². The number of hydrogen-bond donors (Lipinski definition) is 3. The highest BCUT2D eigenvalue weighted by atomic mass is 32.2. The van der Waals surface area contributed by atoms with Crippen molar-refractivity contribution in [1.82, 2.24) is 4.72 Å². The zero-order chi connectivity index (χ0) is 23.6. The summed E-state index contributed by atoms with van der Waals surface area (Å²) >= 11 is 1.55. The van der Waals surface area contributed by atoms with Gasteiger partial charge >= 0.3 is 5.97 Å². The maximum absolute atomic E-state index is 10.8. The Hall–Kier alpha value is -2.34. The van der Waals surface area contributed by atoms with Gasteiger partial charge < -0.3 is 34.5 Å². The number of nitrogens with two attached hydrogens (primary N) is 1. The van der Waals surface area contributed by atoms with E-state index < -0.39 is 5.97 Å². The fourth-order valence-electron chi connectivity index (χ4n) is 2.46. The third kappa shape index (κ3) is 13.1. The number of ether oxygens (including phenoxy) is 5. The Balaban J connectivity index is 1.28. The fraction of sp³-hybridized carbons (Fsp3) is 0.435. The summed E-state index contributed by atoms with van der Waals surface area (Å²) in [5.41, 5.74) is 6.64. The highest BCUT2D eigenvalue weighted by molar-refractivity contribution is 7.97. The lowest BCUT2D eigenvalue weighted by atomic mass is 10.2. The number of carboxylic acids is 1. The SMILES string of the molecule is Nc1ccc(SNCCOCCOCCOCCOCCOc2ccc(C(=O)O)cc2)cc1. The minimum Gasteiger partial charge on any atom is -0.491 e. The third-order valence-corrected chi connectivity index (χ3v) is 4.99. The van der Waals surface area contributed by atoms with Gasteiger partial charge in [-0.3, -0.25) is 4.72 Å². The largest absolute Gasteiger partial charge is 0.491 e. The van der Waals surface area contributed by atoms with Crippen molar-refractivity contribution in [2.45, 2.75) is 4.90 Å². The number of hydrogen-bond acceptors (Lipinski definition) is 9. The molecule has 0 aliphatic heterocycles. The number of aromatic carboxylic acids is 1. The van der Waals surface area contributed by atoms with Crippen LogP contribution in [0.5, 0.6) is 5.75 Å². The van der Waals surface area contributed by atoms with Crippen molar-refractivity contribution < 1.29 is 33.6 Å². The summed E-state index contributed by atoms with van der Waals surface area (Å²) in [6.07, 6.45) is 0. The van der Waals surface area contributed by atoms with Crippen molar-refractivity contribution in [2.75, 3.05) is 71.7 Å². The van der Waals surface area contributed by atoms with Gasteiger partial charge in [0.1, 0.15) is 12.4 Å². The molecule has 0 aliphatic carbocycles. The predicted octanol–water partition coefficient (Wildman–Crippen LogP) is 2.71. The molecule has 0 heterocycles. The highest BCUT2D eigenvalue weighted by Crippen LogP contribution is 2.15. The molecule has 0 saturated carbocycles. The van der Waals surface area contributed by atoms with E-state index >= 15 is 0 Å². The second kappa shape index (κ2) is 17.2. The van der Waals surface area contributed by atoms with E-state index in [9.17, 15) is 4.79 Å². The Morgan fingerprint density at radius 1 is 0.758 bits per heavy atom. The Morgan fingerprint density at radius 3 is 1.82 bits per heavy atom. The van der Waals surface area contributed by atoms with Crippen LogP contribution in [0.1, 0.15) is 10.4 Å². The van der Waals surface area contributed by atoms with Gasteiger partial charge in [0.05, 0.1) is 58.4 Å². The summed E-state index contributed by atoms with van der Waals surface area (Å²) < 4.78 is 30.5. The van der Waals surface area contributed by atoms with Crippen LogP contribution in [-0.2, 0) is 18.9 Å². The normalized spacial score (nSPS) is 10.9. The molecule has 2 aromatic carbocycles. The molecule has 0 spiro atoms. The Bertz CT molecular complexity index is 775. The van der Waals surface area contributed by atoms with Crippen LogP contribution in [0.3, 0.4) is 0 Å². The van der Waals surface area contributed by atoms with Gasteiger partial charge in [0.2, 0.25) is 0 Å². The second-order valence-corrected chi connectivity index (χ2v) is 7.66. The molecule has 0 saturated heterocycles. The summed E-state index contributed by atoms with van der Waals surface area (Å²) in [6, 6.07) is 13.9. The molecule has 0 radical (unpaired) electrons. The van der Waals surface area contributed by atoms with E-state index in [0.717, 1.165) is 17.1 Å². The van der Waals surface area contributed by atoms with Crippen LogP contribution in [0.15, 0.2) is 53.4 Å². The summed E-state index contributed by atoms with van der Waals surface area (Å²) in [5, 5.41) is 8.85. The van der Waals surface area contributed by atoms with Crippen molar-refractivity contribution >= 4 is 23.6 Å². The van der Waals surface area contributed by atoms with Crippen molar-refractivity contribution in [3.63, 3.8) is 0 Å². The summed E-state index contributed by atoms with van der Waals surface area (Å²) in [5.74, 6) is -0.355. The van der Waals surface area contributed by atoms with E-state index in [-0.39, 0.29) is 5.56 Å². The van der Waals surface area contributed by atoms with E-state index in [1.54, 1.807) is 24.1 Å². The van der Waals surface area contributed by atoms with Gasteiger partial charge in [0.25, 0.3) is 0 Å². The zero-order valence-electron chi connectivity index (χ0n) is 18.6. The van der Waals surface area contributed by atoms with Crippen LogP contribution in [0.25, 0.3) is 0 Å². The van der Waals surface area contributed by atoms with Crippen LogP contribution in [-0.4, -0.2) is 77.1 Å². The lowest BCUT2D eigenvalue weighted by Gasteiger charge is -2.09. The standard InChI is InChI=1S/C23H32N2O7S/c24-20-3-7-22(8-4-20)33-25-9-10-28-11-12-29-13-14-30-15-16-31-17-18-32-21-5-1-19(2-6-21)23(26)27/h1-8,25H,9-18,24H2,(H,26,27). The third-order valence-electron chi connectivity index (χ3n) is 4.13. The number of carbonyl (C=O) groups is 1. The van der Waals surface area contributed by atoms with E-state index in [4.69, 9.17) is 34.5 Å². The molecule has 0 atom stereocenters. The number of rotatable bonds is 19. The topological polar surface area (TPSA) is 122 Å². The summed E-state index contributed by atoms with van der Waals surface area (Å²) in [7, 11) is 0. The van der Waals surface area contributed by atoms with E-state index in [1.807, 2.05) is 24.3 Å². The van der Waals surface area contributed by atoms with E-state index in [2.05, 4.69) is 4.72 Å². The van der Waals surface area contributed by atoms with Crippen LogP contribution in [0.2, 0.25) is 0 Å². The smallest absolute Gasteiger partial charge is 0.335 e. The lowest BCUT2D eigenvalue weighted by Crippen LogP contribution is -2.16. The molecule has 182 valence electrons. The van der Waals surface area contributed by atoms with Crippen LogP contribution < -0.4 is 15.2 Å². The molecule has 0 bridgehead atoms. The van der Waals surface area contributed by atoms with E-state index in [0.29, 0.717) is 65.2 Å². The first-order valence-corrected chi connectivity index (χ1v) is 11.5. The molecule has 0 aromatic heterocycles. The maximum Gasteiger partial charge on any atom is 0.335 e. The fourth-order valence-corrected chi connectivity index (χ4v) is 3.08. The quantitative estimate of drug-likeness (QED) is 0.157. The number of anilines is 1. The first-order chi connectivity index (χ1) is 16.1. The summed E-state index contributed by atoms with van der Waals surface area (Å²) in [6.45, 7) is 5.15. The molecule has 33 heavy (non-hydrogen) atoms. The summed E-state index contributed by atoms with van der Waals surface area (Å²) in [4.78, 5) is 11.9. The van der Waals surface area contributed by atoms with Crippen molar-refractivity contribution in [3.8, 4) is 5.75 Å². The second-order valence-electron chi connectivity index (χ2n) is 6.69.